The second kappa shape index (κ2) is 12.4. The molecule has 5 nitrogen and oxygen atoms in total. The highest BCUT2D eigenvalue weighted by atomic mass is 15.1. The van der Waals surface area contributed by atoms with Gasteiger partial charge in [0.05, 0.1) is 38.7 Å². The van der Waals surface area contributed by atoms with Crippen molar-refractivity contribution in [2.75, 3.05) is 0 Å². The lowest BCUT2D eigenvalue weighted by molar-refractivity contribution is 1.11. The first kappa shape index (κ1) is 31.6. The van der Waals surface area contributed by atoms with Crippen molar-refractivity contribution < 1.29 is 0 Å². The molecule has 0 radical (unpaired) electrons. The van der Waals surface area contributed by atoms with Crippen LogP contribution in [0.15, 0.2) is 200 Å². The third kappa shape index (κ3) is 4.76. The standard InChI is InChI=1S/C52H33N5/c1-3-17-36(18-4-1)55-44-26-11-9-24-41(44)42-31-30-35(33-48(42)55)51-53-50(49-43-25-10-14-29-47(43)57(52(49)54-51)37-19-5-2-6-20-37)34-16-15-21-38(32-34)56-45-27-12-7-22-39(45)40-23-8-13-28-46(40)56/h1-33H. The Hall–Kier alpha value is -7.76. The van der Waals surface area contributed by atoms with Gasteiger partial charge >= 0.3 is 0 Å². The highest BCUT2D eigenvalue weighted by Crippen LogP contribution is 2.41. The van der Waals surface area contributed by atoms with Crippen LogP contribution in [0.5, 0.6) is 0 Å². The molecule has 12 rings (SSSR count). The number of rotatable bonds is 5. The van der Waals surface area contributed by atoms with Crippen molar-refractivity contribution in [3.63, 3.8) is 0 Å². The predicted molar refractivity (Wildman–Crippen MR) is 236 cm³/mol. The SMILES string of the molecule is c1ccc(-n2c3ccccc3c3ccc(-c4nc(-c5cccc(-n6c7ccccc7c7ccccc76)c5)c5c6ccccc6n(-c6ccccc6)c5n4)cc32)cc1. The normalized spacial score (nSPS) is 11.9. The van der Waals surface area contributed by atoms with E-state index in [4.69, 9.17) is 9.97 Å². The van der Waals surface area contributed by atoms with Crippen LogP contribution in [0, 0.1) is 0 Å². The molecule has 0 spiro atoms. The predicted octanol–water partition coefficient (Wildman–Crippen LogP) is 13.1. The van der Waals surface area contributed by atoms with Gasteiger partial charge in [-0.1, -0.05) is 133 Å². The maximum atomic E-state index is 5.57. The number of hydrogen-bond donors (Lipinski definition) is 0. The van der Waals surface area contributed by atoms with E-state index in [2.05, 4.69) is 214 Å². The van der Waals surface area contributed by atoms with E-state index in [0.29, 0.717) is 5.82 Å². The minimum absolute atomic E-state index is 0.673. The summed E-state index contributed by atoms with van der Waals surface area (Å²) in [6.07, 6.45) is 0. The maximum absolute atomic E-state index is 5.57. The molecular weight excluding hydrogens is 695 g/mol. The Bertz CT molecular complexity index is 3460. The van der Waals surface area contributed by atoms with E-state index in [1.165, 1.54) is 38.1 Å². The molecule has 12 aromatic rings. The Balaban J connectivity index is 1.16. The molecular formula is C52H33N5. The zero-order valence-electron chi connectivity index (χ0n) is 30.8. The van der Waals surface area contributed by atoms with Crippen molar-refractivity contribution >= 4 is 65.5 Å². The van der Waals surface area contributed by atoms with Crippen LogP contribution in [0.2, 0.25) is 0 Å². The molecule has 0 unspecified atom stereocenters. The number of hydrogen-bond acceptors (Lipinski definition) is 2. The van der Waals surface area contributed by atoms with Crippen molar-refractivity contribution in [1.82, 2.24) is 23.7 Å². The summed E-state index contributed by atoms with van der Waals surface area (Å²) in [5.74, 6) is 0.673. The minimum atomic E-state index is 0.673. The summed E-state index contributed by atoms with van der Waals surface area (Å²) in [6, 6.07) is 71.2. The molecule has 0 N–H and O–H groups in total. The summed E-state index contributed by atoms with van der Waals surface area (Å²) in [6.45, 7) is 0. The molecule has 8 aromatic carbocycles. The van der Waals surface area contributed by atoms with E-state index < -0.39 is 0 Å². The smallest absolute Gasteiger partial charge is 0.162 e. The summed E-state index contributed by atoms with van der Waals surface area (Å²) in [5.41, 5.74) is 12.7. The number of aromatic nitrogens is 5. The molecule has 0 fully saturated rings. The summed E-state index contributed by atoms with van der Waals surface area (Å²) in [4.78, 5) is 11.1. The zero-order valence-corrected chi connectivity index (χ0v) is 30.8. The second-order valence-corrected chi connectivity index (χ2v) is 14.6. The van der Waals surface area contributed by atoms with Gasteiger partial charge in [0.1, 0.15) is 5.65 Å². The van der Waals surface area contributed by atoms with Crippen LogP contribution in [0.3, 0.4) is 0 Å². The summed E-state index contributed by atoms with van der Waals surface area (Å²) >= 11 is 0. The molecule has 4 heterocycles. The van der Waals surface area contributed by atoms with Crippen molar-refractivity contribution in [2.45, 2.75) is 0 Å². The molecule has 266 valence electrons. The fourth-order valence-electron chi connectivity index (χ4n) is 8.99. The first-order chi connectivity index (χ1) is 28.3. The molecule has 0 aliphatic carbocycles. The van der Waals surface area contributed by atoms with Crippen LogP contribution in [0.25, 0.3) is 105 Å². The number of fused-ring (bicyclic) bond motifs is 9. The van der Waals surface area contributed by atoms with Crippen molar-refractivity contribution in [1.29, 1.82) is 0 Å². The second-order valence-electron chi connectivity index (χ2n) is 14.6. The monoisotopic (exact) mass is 727 g/mol. The molecule has 57 heavy (non-hydrogen) atoms. The van der Waals surface area contributed by atoms with E-state index >= 15 is 0 Å². The average molecular weight is 728 g/mol. The zero-order chi connectivity index (χ0) is 37.5. The molecule has 0 atom stereocenters. The number of benzene rings is 8. The lowest BCUT2D eigenvalue weighted by atomic mass is 10.0. The van der Waals surface area contributed by atoms with E-state index in [-0.39, 0.29) is 0 Å². The fourth-order valence-corrected chi connectivity index (χ4v) is 8.99. The molecule has 0 aliphatic rings. The molecule has 0 bridgehead atoms. The van der Waals surface area contributed by atoms with Gasteiger partial charge < -0.3 is 9.13 Å². The van der Waals surface area contributed by atoms with Crippen LogP contribution >= 0.6 is 0 Å². The van der Waals surface area contributed by atoms with Gasteiger partial charge in [-0.05, 0) is 66.7 Å². The lowest BCUT2D eigenvalue weighted by Crippen LogP contribution is -2.00. The minimum Gasteiger partial charge on any atom is -0.309 e. The van der Waals surface area contributed by atoms with Gasteiger partial charge in [0.25, 0.3) is 0 Å². The van der Waals surface area contributed by atoms with Crippen LogP contribution < -0.4 is 0 Å². The molecule has 0 saturated heterocycles. The van der Waals surface area contributed by atoms with Crippen molar-refractivity contribution in [3.05, 3.63) is 200 Å². The Morgan fingerprint density at radius 2 is 0.772 bits per heavy atom. The maximum Gasteiger partial charge on any atom is 0.162 e. The molecule has 0 amide bonds. The quantitative estimate of drug-likeness (QED) is 0.177. The molecule has 5 heteroatoms. The summed E-state index contributed by atoms with van der Waals surface area (Å²) in [5, 5.41) is 7.01. The van der Waals surface area contributed by atoms with Crippen LogP contribution in [-0.2, 0) is 0 Å². The summed E-state index contributed by atoms with van der Waals surface area (Å²) < 4.78 is 7.01. The van der Waals surface area contributed by atoms with Crippen molar-refractivity contribution in [2.24, 2.45) is 0 Å². The van der Waals surface area contributed by atoms with Gasteiger partial charge in [0.2, 0.25) is 0 Å². The van der Waals surface area contributed by atoms with Crippen molar-refractivity contribution in [3.8, 4) is 39.7 Å². The molecule has 0 saturated carbocycles. The Kier molecular flexibility index (Phi) is 6.86. The van der Waals surface area contributed by atoms with Crippen LogP contribution in [0.1, 0.15) is 0 Å². The number of para-hydroxylation sites is 6. The van der Waals surface area contributed by atoms with E-state index in [1.807, 2.05) is 0 Å². The Morgan fingerprint density at radius 3 is 1.39 bits per heavy atom. The number of nitrogens with zero attached hydrogens (tertiary/aromatic N) is 5. The van der Waals surface area contributed by atoms with Gasteiger partial charge in [-0.15, -0.1) is 0 Å². The molecule has 0 aliphatic heterocycles. The van der Waals surface area contributed by atoms with E-state index in [1.54, 1.807) is 0 Å². The highest BCUT2D eigenvalue weighted by molar-refractivity contribution is 6.15. The first-order valence-electron chi connectivity index (χ1n) is 19.3. The van der Waals surface area contributed by atoms with Crippen LogP contribution in [-0.4, -0.2) is 23.7 Å². The lowest BCUT2D eigenvalue weighted by Gasteiger charge is -2.13. The van der Waals surface area contributed by atoms with Gasteiger partial charge in [0.15, 0.2) is 5.82 Å². The van der Waals surface area contributed by atoms with Gasteiger partial charge in [-0.25, -0.2) is 9.97 Å². The fraction of sp³-hybridized carbons (Fsp3) is 0. The Morgan fingerprint density at radius 1 is 0.298 bits per heavy atom. The third-order valence-electron chi connectivity index (χ3n) is 11.4. The van der Waals surface area contributed by atoms with Gasteiger partial charge in [-0.3, -0.25) is 4.57 Å². The van der Waals surface area contributed by atoms with E-state index in [0.717, 1.165) is 61.3 Å². The van der Waals surface area contributed by atoms with Gasteiger partial charge in [-0.2, -0.15) is 0 Å². The molecule has 4 aromatic heterocycles. The third-order valence-corrected chi connectivity index (χ3v) is 11.4. The van der Waals surface area contributed by atoms with Crippen LogP contribution in [0.4, 0.5) is 0 Å². The van der Waals surface area contributed by atoms with Gasteiger partial charge in [0, 0.05) is 55.1 Å². The van der Waals surface area contributed by atoms with E-state index in [9.17, 15) is 0 Å². The first-order valence-corrected chi connectivity index (χ1v) is 19.3. The average Bonchev–Trinajstić information content (AvgIpc) is 3.92. The largest absolute Gasteiger partial charge is 0.309 e. The Labute approximate surface area is 328 Å². The summed E-state index contributed by atoms with van der Waals surface area (Å²) in [7, 11) is 0. The highest BCUT2D eigenvalue weighted by Gasteiger charge is 2.22. The topological polar surface area (TPSA) is 40.6 Å².